The Morgan fingerprint density at radius 3 is 2.47 bits per heavy atom. The fraction of sp³-hybridized carbons (Fsp3) is 0.476. The molecule has 1 aliphatic heterocycles. The van der Waals surface area contributed by atoms with Crippen LogP contribution < -0.4 is 21.7 Å². The van der Waals surface area contributed by atoms with Crippen LogP contribution in [0.5, 0.6) is 0 Å². The molecule has 3 rings (SSSR count). The Balaban J connectivity index is 0. The molecule has 5 N–H and O–H groups in total. The molecule has 1 saturated heterocycles. The number of aryl methyl sites for hydroxylation is 2. The molecule has 1 aliphatic rings. The van der Waals surface area contributed by atoms with Gasteiger partial charge < -0.3 is 21.7 Å². The SMILES string of the molecule is Cc1cccc(CNCCN[C@H]2CNC[C@@H]2Cc2cc(C)cc(N)n2)c1.Cl.Cl.Cl.Cl. The highest BCUT2D eigenvalue weighted by Crippen LogP contribution is 2.17. The van der Waals surface area contributed by atoms with E-state index in [4.69, 9.17) is 5.73 Å². The predicted octanol–water partition coefficient (Wildman–Crippen LogP) is 3.48. The topological polar surface area (TPSA) is 75.0 Å². The van der Waals surface area contributed by atoms with Gasteiger partial charge in [0.25, 0.3) is 0 Å². The van der Waals surface area contributed by atoms with Crippen LogP contribution in [0.15, 0.2) is 36.4 Å². The molecule has 9 heteroatoms. The van der Waals surface area contributed by atoms with Gasteiger partial charge in [-0.05, 0) is 56.0 Å². The second kappa shape index (κ2) is 15.9. The molecule has 0 unspecified atom stereocenters. The van der Waals surface area contributed by atoms with Gasteiger partial charge in [-0.15, -0.1) is 49.6 Å². The third kappa shape index (κ3) is 10.0. The molecule has 0 radical (unpaired) electrons. The van der Waals surface area contributed by atoms with Crippen LogP contribution >= 0.6 is 49.6 Å². The number of aromatic nitrogens is 1. The van der Waals surface area contributed by atoms with Crippen LogP contribution in [0.2, 0.25) is 0 Å². The third-order valence-corrected chi connectivity index (χ3v) is 4.97. The number of hydrogen-bond acceptors (Lipinski definition) is 5. The molecule has 0 saturated carbocycles. The van der Waals surface area contributed by atoms with E-state index >= 15 is 0 Å². The number of nitrogen functional groups attached to an aromatic ring is 1. The predicted molar refractivity (Wildman–Crippen MR) is 137 cm³/mol. The summed E-state index contributed by atoms with van der Waals surface area (Å²) in [6, 6.07) is 13.2. The smallest absolute Gasteiger partial charge is 0.123 e. The van der Waals surface area contributed by atoms with Gasteiger partial charge in [0, 0.05) is 37.9 Å². The number of hydrogen-bond donors (Lipinski definition) is 4. The number of rotatable bonds is 8. The highest BCUT2D eigenvalue weighted by atomic mass is 35.5. The molecule has 0 aliphatic carbocycles. The lowest BCUT2D eigenvalue weighted by atomic mass is 9.97. The summed E-state index contributed by atoms with van der Waals surface area (Å²) in [5, 5.41) is 10.7. The van der Waals surface area contributed by atoms with E-state index in [1.165, 1.54) is 16.7 Å². The Kier molecular flexibility index (Phi) is 16.7. The van der Waals surface area contributed by atoms with E-state index in [1.54, 1.807) is 0 Å². The summed E-state index contributed by atoms with van der Waals surface area (Å²) >= 11 is 0. The van der Waals surface area contributed by atoms with Crippen LogP contribution in [0.1, 0.15) is 22.4 Å². The lowest BCUT2D eigenvalue weighted by molar-refractivity contribution is 0.419. The summed E-state index contributed by atoms with van der Waals surface area (Å²) in [6.07, 6.45) is 0.966. The molecule has 1 aromatic heterocycles. The van der Waals surface area contributed by atoms with Crippen molar-refractivity contribution in [2.75, 3.05) is 31.9 Å². The van der Waals surface area contributed by atoms with Gasteiger partial charge in [-0.2, -0.15) is 0 Å². The van der Waals surface area contributed by atoms with Crippen LogP contribution in [0, 0.1) is 19.8 Å². The van der Waals surface area contributed by atoms with Crippen LogP contribution in [0.4, 0.5) is 5.82 Å². The minimum atomic E-state index is 0. The number of nitrogens with one attached hydrogen (secondary N) is 3. The van der Waals surface area contributed by atoms with Gasteiger partial charge in [0.2, 0.25) is 0 Å². The molecular formula is C21H35Cl4N5. The van der Waals surface area contributed by atoms with E-state index < -0.39 is 0 Å². The first-order chi connectivity index (χ1) is 12.6. The molecular weight excluding hydrogens is 464 g/mol. The zero-order chi connectivity index (χ0) is 18.4. The monoisotopic (exact) mass is 497 g/mol. The molecule has 2 heterocycles. The zero-order valence-electron chi connectivity index (χ0n) is 17.5. The van der Waals surface area contributed by atoms with E-state index in [9.17, 15) is 0 Å². The lowest BCUT2D eigenvalue weighted by Crippen LogP contribution is -2.40. The van der Waals surface area contributed by atoms with Gasteiger partial charge >= 0.3 is 0 Å². The first-order valence-corrected chi connectivity index (χ1v) is 9.53. The number of pyridine rings is 1. The molecule has 0 spiro atoms. The first-order valence-electron chi connectivity index (χ1n) is 9.53. The van der Waals surface area contributed by atoms with Crippen molar-refractivity contribution in [1.29, 1.82) is 0 Å². The summed E-state index contributed by atoms with van der Waals surface area (Å²) in [7, 11) is 0. The molecule has 2 atom stereocenters. The number of nitrogens with zero attached hydrogens (tertiary/aromatic N) is 1. The van der Waals surface area contributed by atoms with Crippen molar-refractivity contribution in [2.24, 2.45) is 5.92 Å². The van der Waals surface area contributed by atoms with Gasteiger partial charge in [-0.3, -0.25) is 0 Å². The highest BCUT2D eigenvalue weighted by Gasteiger charge is 2.26. The molecule has 2 aromatic rings. The van der Waals surface area contributed by atoms with Crippen LogP contribution in [0.25, 0.3) is 0 Å². The Morgan fingerprint density at radius 2 is 1.77 bits per heavy atom. The van der Waals surface area contributed by atoms with E-state index in [-0.39, 0.29) is 49.6 Å². The standard InChI is InChI=1S/C21H31N5.4ClH/c1-15-4-3-5-17(8-15)12-23-6-7-25-20-14-24-13-18(20)11-19-9-16(2)10-21(22)26-19;;;;/h3-5,8-10,18,20,23-25H,6-7,11-14H2,1-2H3,(H2,22,26);4*1H/t18-,20-;;;;/m0..../s1. The molecule has 1 aromatic carbocycles. The molecule has 30 heavy (non-hydrogen) atoms. The van der Waals surface area contributed by atoms with Crippen LogP contribution in [-0.2, 0) is 13.0 Å². The minimum absolute atomic E-state index is 0. The average molecular weight is 499 g/mol. The maximum atomic E-state index is 5.89. The minimum Gasteiger partial charge on any atom is -0.384 e. The maximum absolute atomic E-state index is 5.89. The third-order valence-electron chi connectivity index (χ3n) is 4.97. The van der Waals surface area contributed by atoms with Crippen molar-refractivity contribution in [3.05, 3.63) is 58.8 Å². The Hall–Kier alpha value is -0.790. The van der Waals surface area contributed by atoms with E-state index in [0.717, 1.165) is 44.8 Å². The Bertz CT molecular complexity index is 712. The summed E-state index contributed by atoms with van der Waals surface area (Å²) < 4.78 is 0. The second-order valence-corrected chi connectivity index (χ2v) is 7.41. The number of benzene rings is 1. The number of halogens is 4. The summed E-state index contributed by atoms with van der Waals surface area (Å²) in [5.74, 6) is 1.18. The first kappa shape index (κ1) is 31.4. The second-order valence-electron chi connectivity index (χ2n) is 7.41. The van der Waals surface area contributed by atoms with E-state index in [1.807, 2.05) is 6.07 Å². The van der Waals surface area contributed by atoms with E-state index in [0.29, 0.717) is 17.8 Å². The fourth-order valence-electron chi connectivity index (χ4n) is 3.73. The number of nitrogens with two attached hydrogens (primary N) is 1. The fourth-order valence-corrected chi connectivity index (χ4v) is 3.73. The van der Waals surface area contributed by atoms with Gasteiger partial charge in [0.15, 0.2) is 0 Å². The van der Waals surface area contributed by atoms with Crippen molar-refractivity contribution < 1.29 is 0 Å². The zero-order valence-corrected chi connectivity index (χ0v) is 20.8. The van der Waals surface area contributed by atoms with Crippen molar-refractivity contribution in [3.8, 4) is 0 Å². The molecule has 0 amide bonds. The van der Waals surface area contributed by atoms with Gasteiger partial charge in [0.05, 0.1) is 0 Å². The van der Waals surface area contributed by atoms with Gasteiger partial charge in [-0.25, -0.2) is 4.98 Å². The Labute approximate surface area is 205 Å². The van der Waals surface area contributed by atoms with Crippen molar-refractivity contribution >= 4 is 55.4 Å². The Morgan fingerprint density at radius 1 is 1.00 bits per heavy atom. The summed E-state index contributed by atoms with van der Waals surface area (Å²) in [4.78, 5) is 4.49. The molecule has 0 bridgehead atoms. The molecule has 172 valence electrons. The molecule has 1 fully saturated rings. The quantitative estimate of drug-likeness (QED) is 0.419. The summed E-state index contributed by atoms with van der Waals surface area (Å²) in [6.45, 7) is 9.11. The number of anilines is 1. The average Bonchev–Trinajstić information content (AvgIpc) is 3.01. The van der Waals surface area contributed by atoms with Gasteiger partial charge in [0.1, 0.15) is 5.82 Å². The normalized spacial score (nSPS) is 17.1. The summed E-state index contributed by atoms with van der Waals surface area (Å²) in [5.41, 5.74) is 10.8. The van der Waals surface area contributed by atoms with Gasteiger partial charge in [-0.1, -0.05) is 29.8 Å². The highest BCUT2D eigenvalue weighted by molar-refractivity contribution is 5.86. The molecule has 5 nitrogen and oxygen atoms in total. The van der Waals surface area contributed by atoms with Crippen molar-refractivity contribution in [3.63, 3.8) is 0 Å². The maximum Gasteiger partial charge on any atom is 0.123 e. The van der Waals surface area contributed by atoms with Crippen molar-refractivity contribution in [1.82, 2.24) is 20.9 Å². The largest absolute Gasteiger partial charge is 0.384 e. The van der Waals surface area contributed by atoms with Crippen molar-refractivity contribution in [2.45, 2.75) is 32.9 Å². The lowest BCUT2D eigenvalue weighted by Gasteiger charge is -2.20. The van der Waals surface area contributed by atoms with E-state index in [2.05, 4.69) is 65.1 Å². The van der Waals surface area contributed by atoms with Crippen LogP contribution in [-0.4, -0.2) is 37.2 Å². The van der Waals surface area contributed by atoms with Crippen LogP contribution in [0.3, 0.4) is 0 Å².